The van der Waals surface area contributed by atoms with Gasteiger partial charge in [-0.05, 0) is 41.9 Å². The molecule has 4 heteroatoms. The lowest BCUT2D eigenvalue weighted by Gasteiger charge is -2.11. The molecule has 1 heterocycles. The average molecular weight is 281 g/mol. The van der Waals surface area contributed by atoms with Gasteiger partial charge in [0.1, 0.15) is 4.34 Å². The Morgan fingerprint density at radius 1 is 1.69 bits per heavy atom. The maximum atomic E-state index is 5.97. The molecule has 0 spiro atoms. The molecule has 13 heavy (non-hydrogen) atoms. The summed E-state index contributed by atoms with van der Waals surface area (Å²) in [5.74, 6) is 0. The van der Waals surface area contributed by atoms with Crippen LogP contribution >= 0.6 is 38.9 Å². The van der Waals surface area contributed by atoms with Crippen LogP contribution in [0.3, 0.4) is 0 Å². The molecule has 72 valence electrons. The van der Waals surface area contributed by atoms with E-state index in [9.17, 15) is 0 Å². The maximum Gasteiger partial charge on any atom is 0.107 e. The van der Waals surface area contributed by atoms with E-state index < -0.39 is 0 Å². The number of halogens is 2. The summed E-state index contributed by atoms with van der Waals surface area (Å²) in [7, 11) is 2.04. The summed E-state index contributed by atoms with van der Waals surface area (Å²) in [6, 6.07) is 2.13. The summed E-state index contributed by atoms with van der Waals surface area (Å²) in [6.45, 7) is 0. The largest absolute Gasteiger partial charge is 0.314 e. The average Bonchev–Trinajstić information content (AvgIpc) is 2.78. The van der Waals surface area contributed by atoms with Gasteiger partial charge >= 0.3 is 0 Å². The first-order valence-corrected chi connectivity index (χ1v) is 6.27. The Bertz CT molecular complexity index is 300. The summed E-state index contributed by atoms with van der Waals surface area (Å²) in [5.41, 5.74) is 0.383. The third-order valence-electron chi connectivity index (χ3n) is 2.59. The standard InChI is InChI=1S/C9H11BrClNS/c1-12-9(2-3-9)5-6-4-7(10)8(11)13-6/h4,12H,2-3,5H2,1H3. The van der Waals surface area contributed by atoms with Crippen LogP contribution in [0.25, 0.3) is 0 Å². The second-order valence-corrected chi connectivity index (χ2v) is 6.13. The number of hydrogen-bond donors (Lipinski definition) is 1. The van der Waals surface area contributed by atoms with Gasteiger partial charge in [-0.25, -0.2) is 0 Å². The van der Waals surface area contributed by atoms with E-state index in [1.54, 1.807) is 11.3 Å². The molecular weight excluding hydrogens is 270 g/mol. The van der Waals surface area contributed by atoms with Crippen molar-refractivity contribution in [1.29, 1.82) is 0 Å². The van der Waals surface area contributed by atoms with E-state index in [-0.39, 0.29) is 0 Å². The van der Waals surface area contributed by atoms with Crippen molar-refractivity contribution < 1.29 is 0 Å². The van der Waals surface area contributed by atoms with E-state index >= 15 is 0 Å². The molecule has 0 unspecified atom stereocenters. The van der Waals surface area contributed by atoms with Crippen molar-refractivity contribution in [3.63, 3.8) is 0 Å². The lowest BCUT2D eigenvalue weighted by molar-refractivity contribution is 0.553. The van der Waals surface area contributed by atoms with Crippen LogP contribution in [0.15, 0.2) is 10.5 Å². The van der Waals surface area contributed by atoms with Crippen LogP contribution in [0.1, 0.15) is 17.7 Å². The van der Waals surface area contributed by atoms with Crippen LogP contribution in [0, 0.1) is 0 Å². The summed E-state index contributed by atoms with van der Waals surface area (Å²) < 4.78 is 1.89. The van der Waals surface area contributed by atoms with Crippen molar-refractivity contribution in [2.24, 2.45) is 0 Å². The number of thiophene rings is 1. The van der Waals surface area contributed by atoms with Crippen molar-refractivity contribution in [3.8, 4) is 0 Å². The molecule has 0 bridgehead atoms. The Labute approximate surface area is 95.6 Å². The van der Waals surface area contributed by atoms with E-state index in [1.165, 1.54) is 17.7 Å². The van der Waals surface area contributed by atoms with Crippen molar-refractivity contribution in [1.82, 2.24) is 5.32 Å². The van der Waals surface area contributed by atoms with Crippen LogP contribution in [0.4, 0.5) is 0 Å². The minimum atomic E-state index is 0.383. The highest BCUT2D eigenvalue weighted by molar-refractivity contribution is 9.10. The zero-order valence-corrected chi connectivity index (χ0v) is 10.5. The molecule has 0 aromatic carbocycles. The van der Waals surface area contributed by atoms with Crippen molar-refractivity contribution >= 4 is 38.9 Å². The first kappa shape index (κ1) is 9.97. The fourth-order valence-electron chi connectivity index (χ4n) is 1.48. The molecule has 0 amide bonds. The van der Waals surface area contributed by atoms with Gasteiger partial charge in [-0.2, -0.15) is 0 Å². The maximum absolute atomic E-state index is 5.97. The van der Waals surface area contributed by atoms with Crippen LogP contribution in [-0.4, -0.2) is 12.6 Å². The van der Waals surface area contributed by atoms with Gasteiger partial charge in [0.2, 0.25) is 0 Å². The van der Waals surface area contributed by atoms with Gasteiger partial charge in [0.15, 0.2) is 0 Å². The summed E-state index contributed by atoms with van der Waals surface area (Å²) >= 11 is 11.1. The highest BCUT2D eigenvalue weighted by Crippen LogP contribution is 2.41. The third-order valence-corrected chi connectivity index (χ3v) is 5.07. The summed E-state index contributed by atoms with van der Waals surface area (Å²) in [5, 5.41) is 3.38. The normalized spacial score (nSPS) is 19.0. The molecule has 1 N–H and O–H groups in total. The minimum absolute atomic E-state index is 0.383. The molecule has 1 aromatic rings. The Hall–Kier alpha value is 0.430. The van der Waals surface area contributed by atoms with Crippen LogP contribution in [-0.2, 0) is 6.42 Å². The van der Waals surface area contributed by atoms with Crippen LogP contribution in [0.5, 0.6) is 0 Å². The predicted octanol–water partition coefficient (Wildman–Crippen LogP) is 3.46. The van der Waals surface area contributed by atoms with Gasteiger partial charge in [0.25, 0.3) is 0 Å². The van der Waals surface area contributed by atoms with Gasteiger partial charge in [-0.1, -0.05) is 11.6 Å². The lowest BCUT2D eigenvalue weighted by atomic mass is 10.1. The molecular formula is C9H11BrClNS. The number of hydrogen-bond acceptors (Lipinski definition) is 2. The molecule has 1 aliphatic rings. The van der Waals surface area contributed by atoms with Gasteiger partial charge in [0, 0.05) is 21.3 Å². The summed E-state index contributed by atoms with van der Waals surface area (Å²) in [4.78, 5) is 1.36. The van der Waals surface area contributed by atoms with E-state index in [1.807, 2.05) is 7.05 Å². The monoisotopic (exact) mass is 279 g/mol. The van der Waals surface area contributed by atoms with E-state index in [0.29, 0.717) is 5.54 Å². The second kappa shape index (κ2) is 3.54. The van der Waals surface area contributed by atoms with Gasteiger partial charge < -0.3 is 5.32 Å². The minimum Gasteiger partial charge on any atom is -0.314 e. The zero-order chi connectivity index (χ0) is 9.47. The first-order chi connectivity index (χ1) is 6.15. The topological polar surface area (TPSA) is 12.0 Å². The molecule has 2 rings (SSSR count). The highest BCUT2D eigenvalue weighted by atomic mass is 79.9. The number of nitrogens with one attached hydrogen (secondary N) is 1. The Balaban J connectivity index is 2.10. The molecule has 1 nitrogen and oxygen atoms in total. The highest BCUT2D eigenvalue weighted by Gasteiger charge is 2.41. The van der Waals surface area contributed by atoms with Gasteiger partial charge in [-0.3, -0.25) is 0 Å². The SMILES string of the molecule is CNC1(Cc2cc(Br)c(Cl)s2)CC1. The molecule has 0 saturated heterocycles. The fourth-order valence-corrected chi connectivity index (χ4v) is 3.41. The van der Waals surface area contributed by atoms with Crippen molar-refractivity contribution in [3.05, 3.63) is 19.8 Å². The van der Waals surface area contributed by atoms with Crippen molar-refractivity contribution in [2.45, 2.75) is 24.8 Å². The van der Waals surface area contributed by atoms with Crippen LogP contribution in [0.2, 0.25) is 4.34 Å². The predicted molar refractivity (Wildman–Crippen MR) is 61.8 cm³/mol. The van der Waals surface area contributed by atoms with Crippen molar-refractivity contribution in [2.75, 3.05) is 7.05 Å². The molecule has 0 aliphatic heterocycles. The Morgan fingerprint density at radius 2 is 2.38 bits per heavy atom. The lowest BCUT2D eigenvalue weighted by Crippen LogP contribution is -2.29. The summed E-state index contributed by atoms with van der Waals surface area (Å²) in [6.07, 6.45) is 3.69. The molecule has 0 atom stereocenters. The van der Waals surface area contributed by atoms with Gasteiger partial charge in [-0.15, -0.1) is 11.3 Å². The molecule has 1 aliphatic carbocycles. The fraction of sp³-hybridized carbons (Fsp3) is 0.556. The molecule has 1 aromatic heterocycles. The quantitative estimate of drug-likeness (QED) is 0.894. The molecule has 0 radical (unpaired) electrons. The van der Waals surface area contributed by atoms with E-state index in [2.05, 4.69) is 27.3 Å². The second-order valence-electron chi connectivity index (χ2n) is 3.54. The Kier molecular flexibility index (Phi) is 2.71. The number of rotatable bonds is 3. The first-order valence-electron chi connectivity index (χ1n) is 4.28. The van der Waals surface area contributed by atoms with E-state index in [4.69, 9.17) is 11.6 Å². The van der Waals surface area contributed by atoms with Gasteiger partial charge in [0.05, 0.1) is 0 Å². The molecule has 1 saturated carbocycles. The molecule has 1 fully saturated rings. The zero-order valence-electron chi connectivity index (χ0n) is 7.36. The van der Waals surface area contributed by atoms with Crippen LogP contribution < -0.4 is 5.32 Å². The smallest absolute Gasteiger partial charge is 0.107 e. The van der Waals surface area contributed by atoms with E-state index in [0.717, 1.165) is 15.2 Å². The number of likely N-dealkylation sites (N-methyl/N-ethyl adjacent to an activating group) is 1. The third kappa shape index (κ3) is 2.09. The Morgan fingerprint density at radius 3 is 2.77 bits per heavy atom.